The third-order valence-electron chi connectivity index (χ3n) is 6.85. The number of aromatic nitrogens is 1. The number of ether oxygens (including phenoxy) is 6. The molecule has 9 nitrogen and oxygen atoms in total. The molecule has 0 N–H and O–H groups in total. The zero-order valence-electron chi connectivity index (χ0n) is 22.6. The highest BCUT2D eigenvalue weighted by molar-refractivity contribution is 5.96. The van der Waals surface area contributed by atoms with E-state index in [1.165, 1.54) is 32.8 Å². The van der Waals surface area contributed by atoms with E-state index < -0.39 is 11.9 Å². The lowest BCUT2D eigenvalue weighted by molar-refractivity contribution is -0.686. The van der Waals surface area contributed by atoms with Gasteiger partial charge in [-0.15, -0.1) is 0 Å². The Bertz CT molecular complexity index is 1710. The predicted octanol–water partition coefficient (Wildman–Crippen LogP) is 1.64. The van der Waals surface area contributed by atoms with Crippen molar-refractivity contribution in [3.8, 4) is 45.8 Å². The van der Waals surface area contributed by atoms with Gasteiger partial charge in [-0.2, -0.15) is 4.57 Å². The van der Waals surface area contributed by atoms with E-state index in [0.29, 0.717) is 28.6 Å². The van der Waals surface area contributed by atoms with E-state index in [2.05, 4.69) is 16.7 Å². The van der Waals surface area contributed by atoms with Crippen molar-refractivity contribution in [3.05, 3.63) is 71.9 Å². The van der Waals surface area contributed by atoms with Gasteiger partial charge in [-0.05, 0) is 59.0 Å². The lowest BCUT2D eigenvalue weighted by atomic mass is 9.95. The van der Waals surface area contributed by atoms with Gasteiger partial charge in [-0.1, -0.05) is 6.07 Å². The van der Waals surface area contributed by atoms with Gasteiger partial charge >= 0.3 is 11.9 Å². The number of carbonyl (C=O) groups excluding carboxylic acids is 2. The molecule has 2 aliphatic heterocycles. The normalized spacial score (nSPS) is 12.8. The van der Waals surface area contributed by atoms with Crippen molar-refractivity contribution < 1.29 is 55.0 Å². The predicted molar refractivity (Wildman–Crippen MR) is 145 cm³/mol. The van der Waals surface area contributed by atoms with Gasteiger partial charge in [0.2, 0.25) is 12.5 Å². The number of fused-ring (bicyclic) bond motifs is 5. The van der Waals surface area contributed by atoms with Gasteiger partial charge in [0.1, 0.15) is 0 Å². The molecule has 1 aromatic heterocycles. The van der Waals surface area contributed by atoms with E-state index >= 15 is 0 Å². The maximum absolute atomic E-state index is 12.9. The van der Waals surface area contributed by atoms with Crippen molar-refractivity contribution in [1.82, 2.24) is 0 Å². The van der Waals surface area contributed by atoms with Crippen LogP contribution in [0.4, 0.5) is 0 Å². The number of nitrogens with zero attached hydrogens (tertiary/aromatic N) is 1. The number of methoxy groups -OCH3 is 2. The number of esters is 2. The molecule has 0 saturated carbocycles. The number of hydrogen-bond acceptors (Lipinski definition) is 8. The minimum atomic E-state index is -0.574. The molecule has 0 saturated heterocycles. The van der Waals surface area contributed by atoms with Gasteiger partial charge in [-0.3, -0.25) is 4.79 Å². The Morgan fingerprint density at radius 3 is 2.41 bits per heavy atom. The zero-order chi connectivity index (χ0) is 27.8. The Balaban J connectivity index is 0.00000337. The van der Waals surface area contributed by atoms with Crippen LogP contribution in [0.1, 0.15) is 18.1 Å². The standard InChI is InChI=1S/C31H26NO8.ClH/c1-18(33)39-25-7-4-19(12-27(25)36-3)5-9-30(34)40-31-23-16-32-11-10-21-14-28-29(38-17-37-28)15-22(21)24(32)13-20(23)6-8-26(31)35-2;/h4-9,12-16H,10-11,17H2,1-3H3;1H/q+1;/p-1/b9-5+;. The Labute approximate surface area is 242 Å². The van der Waals surface area contributed by atoms with Crippen LogP contribution >= 0.6 is 0 Å². The highest BCUT2D eigenvalue weighted by Crippen LogP contribution is 2.41. The van der Waals surface area contributed by atoms with Gasteiger partial charge in [0, 0.05) is 25.5 Å². The van der Waals surface area contributed by atoms with E-state index in [1.54, 1.807) is 30.3 Å². The first-order chi connectivity index (χ1) is 19.4. The Hall–Kier alpha value is -4.76. The molecule has 6 rings (SSSR count). The third kappa shape index (κ3) is 5.36. The smallest absolute Gasteiger partial charge is 0.336 e. The molecule has 210 valence electrons. The van der Waals surface area contributed by atoms with Crippen LogP contribution in [0.2, 0.25) is 0 Å². The SMILES string of the molecule is COc1cc(/C=C/C(=O)Oc2c(OC)ccc3cc4[n+](cc23)CCc2cc3c(cc2-4)OCO3)ccc1OC(C)=O.[Cl-]. The molecule has 3 aromatic carbocycles. The average Bonchev–Trinajstić information content (AvgIpc) is 3.42. The summed E-state index contributed by atoms with van der Waals surface area (Å²) in [7, 11) is 3.01. The van der Waals surface area contributed by atoms with Crippen LogP contribution in [0.15, 0.2) is 60.8 Å². The molecule has 0 aliphatic carbocycles. The van der Waals surface area contributed by atoms with Crippen LogP contribution in [0.3, 0.4) is 0 Å². The average molecular weight is 576 g/mol. The van der Waals surface area contributed by atoms with E-state index in [4.69, 9.17) is 28.4 Å². The molecule has 0 radical (unpaired) electrons. The number of pyridine rings is 1. The number of halogens is 1. The summed E-state index contributed by atoms with van der Waals surface area (Å²) in [4.78, 5) is 24.2. The minimum absolute atomic E-state index is 0. The fourth-order valence-electron chi connectivity index (χ4n) is 4.99. The molecule has 0 atom stereocenters. The van der Waals surface area contributed by atoms with Crippen LogP contribution in [-0.2, 0) is 22.6 Å². The third-order valence-corrected chi connectivity index (χ3v) is 6.85. The van der Waals surface area contributed by atoms with Crippen molar-refractivity contribution in [2.24, 2.45) is 0 Å². The van der Waals surface area contributed by atoms with Gasteiger partial charge in [0.05, 0.1) is 25.2 Å². The van der Waals surface area contributed by atoms with E-state index in [-0.39, 0.29) is 19.2 Å². The molecule has 4 aromatic rings. The number of aryl methyl sites for hydroxylation is 2. The lowest BCUT2D eigenvalue weighted by Crippen LogP contribution is -3.00. The van der Waals surface area contributed by atoms with Crippen LogP contribution in [-0.4, -0.2) is 33.0 Å². The molecular formula is C31H26ClNO8. The largest absolute Gasteiger partial charge is 1.00 e. The summed E-state index contributed by atoms with van der Waals surface area (Å²) in [5.41, 5.74) is 4.00. The zero-order valence-corrected chi connectivity index (χ0v) is 23.3. The Morgan fingerprint density at radius 1 is 0.902 bits per heavy atom. The summed E-state index contributed by atoms with van der Waals surface area (Å²) in [5.74, 6) is 1.93. The fraction of sp³-hybridized carbons (Fsp3) is 0.194. The van der Waals surface area contributed by atoms with Crippen LogP contribution < -0.4 is 45.4 Å². The first-order valence-corrected chi connectivity index (χ1v) is 12.7. The summed E-state index contributed by atoms with van der Waals surface area (Å²) in [6.07, 6.45) is 5.74. The van der Waals surface area contributed by atoms with Gasteiger partial charge < -0.3 is 40.8 Å². The number of rotatable bonds is 6. The summed E-state index contributed by atoms with van der Waals surface area (Å²) in [5, 5.41) is 1.65. The molecule has 0 unspecified atom stereocenters. The summed E-state index contributed by atoms with van der Waals surface area (Å²) in [6, 6.07) is 14.9. The van der Waals surface area contributed by atoms with Gasteiger partial charge in [0.15, 0.2) is 47.2 Å². The van der Waals surface area contributed by atoms with Crippen LogP contribution in [0, 0.1) is 0 Å². The van der Waals surface area contributed by atoms with E-state index in [9.17, 15) is 9.59 Å². The molecule has 2 aliphatic rings. The summed E-state index contributed by atoms with van der Waals surface area (Å²) >= 11 is 0. The van der Waals surface area contributed by atoms with Crippen molar-refractivity contribution in [1.29, 1.82) is 0 Å². The van der Waals surface area contributed by atoms with Crippen molar-refractivity contribution in [2.75, 3.05) is 21.0 Å². The quantitative estimate of drug-likeness (QED) is 0.148. The number of benzene rings is 3. The maximum atomic E-state index is 12.9. The fourth-order valence-corrected chi connectivity index (χ4v) is 4.99. The number of carbonyl (C=O) groups is 2. The number of hydrogen-bond donors (Lipinski definition) is 0. The Morgan fingerprint density at radius 2 is 1.66 bits per heavy atom. The Kier molecular flexibility index (Phi) is 7.72. The molecule has 0 bridgehead atoms. The second kappa shape index (κ2) is 11.4. The molecule has 41 heavy (non-hydrogen) atoms. The molecule has 0 spiro atoms. The molecule has 10 heteroatoms. The second-order valence-corrected chi connectivity index (χ2v) is 9.32. The minimum Gasteiger partial charge on any atom is -1.00 e. The molecule has 3 heterocycles. The second-order valence-electron chi connectivity index (χ2n) is 9.32. The first-order valence-electron chi connectivity index (χ1n) is 12.7. The molecular weight excluding hydrogens is 550 g/mol. The van der Waals surface area contributed by atoms with Crippen LogP contribution in [0.25, 0.3) is 28.1 Å². The summed E-state index contributed by atoms with van der Waals surface area (Å²) < 4.78 is 35.1. The lowest BCUT2D eigenvalue weighted by Gasteiger charge is -2.17. The maximum Gasteiger partial charge on any atom is 0.336 e. The highest BCUT2D eigenvalue weighted by Gasteiger charge is 2.29. The van der Waals surface area contributed by atoms with Crippen molar-refractivity contribution in [2.45, 2.75) is 19.9 Å². The summed E-state index contributed by atoms with van der Waals surface area (Å²) in [6.45, 7) is 2.30. The highest BCUT2D eigenvalue weighted by atomic mass is 35.5. The van der Waals surface area contributed by atoms with Crippen molar-refractivity contribution >= 4 is 28.8 Å². The van der Waals surface area contributed by atoms with Crippen molar-refractivity contribution in [3.63, 3.8) is 0 Å². The van der Waals surface area contributed by atoms with Gasteiger partial charge in [-0.25, -0.2) is 4.79 Å². The van der Waals surface area contributed by atoms with Crippen LogP contribution in [0.5, 0.6) is 34.5 Å². The van der Waals surface area contributed by atoms with Gasteiger partial charge in [0.25, 0.3) is 0 Å². The monoisotopic (exact) mass is 575 g/mol. The van der Waals surface area contributed by atoms with E-state index in [0.717, 1.165) is 46.5 Å². The first kappa shape index (κ1) is 27.8. The van der Waals surface area contributed by atoms with E-state index in [1.807, 2.05) is 18.3 Å². The topological polar surface area (TPSA) is 93.4 Å². The molecule has 0 fully saturated rings. The molecule has 0 amide bonds.